The van der Waals surface area contributed by atoms with Crippen molar-refractivity contribution >= 4 is 0 Å². The summed E-state index contributed by atoms with van der Waals surface area (Å²) in [5.41, 5.74) is 4.62. The maximum Gasteiger partial charge on any atom is 0.203 e. The molecule has 0 fully saturated rings. The molecule has 0 aliphatic heterocycles. The topological polar surface area (TPSA) is 40.6 Å². The number of pyridine rings is 1. The fourth-order valence-corrected chi connectivity index (χ4v) is 3.75. The number of rotatable bonds is 9. The molecule has 152 valence electrons. The molecule has 1 heterocycles. The van der Waals surface area contributed by atoms with Gasteiger partial charge >= 0.3 is 0 Å². The standard InChI is InChI=1S/C25H29NO3/c1-5-9-20(19-10-7-6-8-11-19)12-18-13-22(17-26-16-18)21-14-23(27-2)25(29-4)24(15-21)28-3/h6-8,10-11,13-17,20H,5,9,12H2,1-4H3. The van der Waals surface area contributed by atoms with Crippen LogP contribution in [-0.4, -0.2) is 26.3 Å². The molecular formula is C25H29NO3. The molecule has 3 rings (SSSR count). The monoisotopic (exact) mass is 391 g/mol. The molecule has 1 atom stereocenters. The van der Waals surface area contributed by atoms with Gasteiger partial charge in [0.05, 0.1) is 21.3 Å². The minimum Gasteiger partial charge on any atom is -0.493 e. The zero-order valence-electron chi connectivity index (χ0n) is 17.6. The lowest BCUT2D eigenvalue weighted by molar-refractivity contribution is 0.324. The number of hydrogen-bond donors (Lipinski definition) is 0. The normalized spacial score (nSPS) is 11.7. The van der Waals surface area contributed by atoms with Crippen molar-refractivity contribution in [2.24, 2.45) is 0 Å². The van der Waals surface area contributed by atoms with Crippen molar-refractivity contribution in [2.45, 2.75) is 32.1 Å². The summed E-state index contributed by atoms with van der Waals surface area (Å²) in [6.07, 6.45) is 7.11. The van der Waals surface area contributed by atoms with E-state index in [9.17, 15) is 0 Å². The highest BCUT2D eigenvalue weighted by Gasteiger charge is 2.16. The molecule has 29 heavy (non-hydrogen) atoms. The molecule has 0 saturated heterocycles. The fourth-order valence-electron chi connectivity index (χ4n) is 3.75. The van der Waals surface area contributed by atoms with Crippen molar-refractivity contribution in [2.75, 3.05) is 21.3 Å². The third-order valence-electron chi connectivity index (χ3n) is 5.18. The lowest BCUT2D eigenvalue weighted by atomic mass is 9.88. The maximum absolute atomic E-state index is 5.50. The van der Waals surface area contributed by atoms with Gasteiger partial charge in [0.1, 0.15) is 0 Å². The summed E-state index contributed by atoms with van der Waals surface area (Å²) in [6.45, 7) is 2.24. The van der Waals surface area contributed by atoms with E-state index in [1.54, 1.807) is 21.3 Å². The summed E-state index contributed by atoms with van der Waals surface area (Å²) in [5, 5.41) is 0. The number of aromatic nitrogens is 1. The average molecular weight is 392 g/mol. The number of nitrogens with zero attached hydrogens (tertiary/aromatic N) is 1. The Hall–Kier alpha value is -3.01. The largest absolute Gasteiger partial charge is 0.493 e. The van der Waals surface area contributed by atoms with Crippen LogP contribution in [0.15, 0.2) is 60.9 Å². The van der Waals surface area contributed by atoms with Crippen LogP contribution in [0.5, 0.6) is 17.2 Å². The average Bonchev–Trinajstić information content (AvgIpc) is 2.78. The van der Waals surface area contributed by atoms with E-state index < -0.39 is 0 Å². The lowest BCUT2D eigenvalue weighted by Gasteiger charge is -2.18. The highest BCUT2D eigenvalue weighted by Crippen LogP contribution is 2.41. The SMILES string of the molecule is CCCC(Cc1cncc(-c2cc(OC)c(OC)c(OC)c2)c1)c1ccccc1. The van der Waals surface area contributed by atoms with Gasteiger partial charge in [-0.2, -0.15) is 0 Å². The quantitative estimate of drug-likeness (QED) is 0.455. The van der Waals surface area contributed by atoms with E-state index in [0.717, 1.165) is 30.4 Å². The minimum atomic E-state index is 0.484. The second-order valence-electron chi connectivity index (χ2n) is 7.10. The van der Waals surface area contributed by atoms with Gasteiger partial charge in [0.2, 0.25) is 5.75 Å². The van der Waals surface area contributed by atoms with E-state index in [4.69, 9.17) is 14.2 Å². The van der Waals surface area contributed by atoms with Crippen LogP contribution in [0, 0.1) is 0 Å². The van der Waals surface area contributed by atoms with Gasteiger partial charge in [0, 0.05) is 18.0 Å². The van der Waals surface area contributed by atoms with Gasteiger partial charge < -0.3 is 14.2 Å². The smallest absolute Gasteiger partial charge is 0.203 e. The van der Waals surface area contributed by atoms with E-state index in [1.165, 1.54) is 11.1 Å². The molecule has 1 aromatic heterocycles. The zero-order valence-corrected chi connectivity index (χ0v) is 17.6. The first-order chi connectivity index (χ1) is 14.2. The Balaban J connectivity index is 1.93. The van der Waals surface area contributed by atoms with Crippen molar-refractivity contribution in [1.29, 1.82) is 0 Å². The first-order valence-electron chi connectivity index (χ1n) is 9.99. The molecule has 3 aromatic rings. The third-order valence-corrected chi connectivity index (χ3v) is 5.18. The van der Waals surface area contributed by atoms with Gasteiger partial charge in [-0.15, -0.1) is 0 Å². The summed E-state index contributed by atoms with van der Waals surface area (Å²) < 4.78 is 16.4. The Kier molecular flexibility index (Phi) is 7.12. The summed E-state index contributed by atoms with van der Waals surface area (Å²) in [4.78, 5) is 4.51. The minimum absolute atomic E-state index is 0.484. The van der Waals surface area contributed by atoms with E-state index in [0.29, 0.717) is 23.2 Å². The molecule has 0 saturated carbocycles. The van der Waals surface area contributed by atoms with Gasteiger partial charge in [0.15, 0.2) is 11.5 Å². The number of benzene rings is 2. The number of methoxy groups -OCH3 is 3. The Morgan fingerprint density at radius 3 is 2.10 bits per heavy atom. The summed E-state index contributed by atoms with van der Waals surface area (Å²) >= 11 is 0. The Morgan fingerprint density at radius 1 is 0.828 bits per heavy atom. The third kappa shape index (κ3) is 4.89. The predicted molar refractivity (Wildman–Crippen MR) is 117 cm³/mol. The molecule has 0 bridgehead atoms. The molecular weight excluding hydrogens is 362 g/mol. The second-order valence-corrected chi connectivity index (χ2v) is 7.10. The van der Waals surface area contributed by atoms with Gasteiger partial charge in [-0.1, -0.05) is 43.7 Å². The molecule has 0 N–H and O–H groups in total. The Morgan fingerprint density at radius 2 is 1.52 bits per heavy atom. The molecule has 0 aliphatic carbocycles. The summed E-state index contributed by atoms with van der Waals surface area (Å²) in [5.74, 6) is 2.36. The van der Waals surface area contributed by atoms with Gasteiger partial charge in [-0.25, -0.2) is 0 Å². The van der Waals surface area contributed by atoms with Crippen molar-refractivity contribution in [3.05, 3.63) is 72.1 Å². The van der Waals surface area contributed by atoms with Crippen LogP contribution in [0.3, 0.4) is 0 Å². The molecule has 2 aromatic carbocycles. The van der Waals surface area contributed by atoms with Crippen LogP contribution >= 0.6 is 0 Å². The summed E-state index contributed by atoms with van der Waals surface area (Å²) in [6, 6.07) is 16.9. The highest BCUT2D eigenvalue weighted by molar-refractivity contribution is 5.71. The van der Waals surface area contributed by atoms with Gasteiger partial charge in [-0.05, 0) is 53.6 Å². The molecule has 0 spiro atoms. The van der Waals surface area contributed by atoms with Crippen LogP contribution in [0.25, 0.3) is 11.1 Å². The van der Waals surface area contributed by atoms with Crippen LogP contribution < -0.4 is 14.2 Å². The molecule has 0 aliphatic rings. The van der Waals surface area contributed by atoms with Crippen molar-refractivity contribution in [3.63, 3.8) is 0 Å². The van der Waals surface area contributed by atoms with Crippen LogP contribution in [0.1, 0.15) is 36.8 Å². The van der Waals surface area contributed by atoms with Crippen LogP contribution in [0.2, 0.25) is 0 Å². The van der Waals surface area contributed by atoms with Crippen molar-refractivity contribution < 1.29 is 14.2 Å². The van der Waals surface area contributed by atoms with E-state index in [2.05, 4.69) is 48.3 Å². The Bertz CT molecular complexity index is 899. The van der Waals surface area contributed by atoms with E-state index in [-0.39, 0.29) is 0 Å². The van der Waals surface area contributed by atoms with Crippen molar-refractivity contribution in [3.8, 4) is 28.4 Å². The number of ether oxygens (including phenoxy) is 3. The lowest BCUT2D eigenvalue weighted by Crippen LogP contribution is -2.03. The first kappa shape index (κ1) is 20.7. The zero-order chi connectivity index (χ0) is 20.6. The van der Waals surface area contributed by atoms with E-state index in [1.807, 2.05) is 24.5 Å². The van der Waals surface area contributed by atoms with Crippen molar-refractivity contribution in [1.82, 2.24) is 4.98 Å². The predicted octanol–water partition coefficient (Wildman–Crippen LogP) is 5.90. The summed E-state index contributed by atoms with van der Waals surface area (Å²) in [7, 11) is 4.87. The molecule has 4 heteroatoms. The highest BCUT2D eigenvalue weighted by atomic mass is 16.5. The molecule has 4 nitrogen and oxygen atoms in total. The second kappa shape index (κ2) is 9.97. The van der Waals surface area contributed by atoms with Gasteiger partial charge in [-0.3, -0.25) is 4.98 Å². The molecule has 0 amide bonds. The number of hydrogen-bond acceptors (Lipinski definition) is 4. The molecule has 1 unspecified atom stereocenters. The van der Waals surface area contributed by atoms with Crippen LogP contribution in [-0.2, 0) is 6.42 Å². The maximum atomic E-state index is 5.50. The van der Waals surface area contributed by atoms with Crippen LogP contribution in [0.4, 0.5) is 0 Å². The fraction of sp³-hybridized carbons (Fsp3) is 0.320. The first-order valence-corrected chi connectivity index (χ1v) is 9.99. The molecule has 0 radical (unpaired) electrons. The van der Waals surface area contributed by atoms with E-state index >= 15 is 0 Å². The Labute approximate surface area is 173 Å². The van der Waals surface area contributed by atoms with Gasteiger partial charge in [0.25, 0.3) is 0 Å².